The second-order valence-corrected chi connectivity index (χ2v) is 13.6. The number of thioether (sulfide) groups is 1. The van der Waals surface area contributed by atoms with Crippen LogP contribution in [-0.2, 0) is 41.8 Å². The average Bonchev–Trinajstić information content (AvgIpc) is 3.30. The molecule has 1 fully saturated rings. The van der Waals surface area contributed by atoms with E-state index < -0.39 is 34.8 Å². The summed E-state index contributed by atoms with van der Waals surface area (Å²) in [5.74, 6) is 0.790. The van der Waals surface area contributed by atoms with E-state index in [2.05, 4.69) is 4.98 Å². The van der Waals surface area contributed by atoms with E-state index >= 15 is 4.39 Å². The highest BCUT2D eigenvalue weighted by Gasteiger charge is 2.41. The van der Waals surface area contributed by atoms with Crippen LogP contribution in [0.15, 0.2) is 65.8 Å². The van der Waals surface area contributed by atoms with Crippen LogP contribution >= 0.6 is 11.8 Å². The molecule has 272 valence electrons. The molecule has 1 N–H and O–H groups in total. The molecule has 1 saturated heterocycles. The first-order chi connectivity index (χ1) is 24.4. The largest absolute Gasteiger partial charge is 0.497 e. The zero-order valence-electron chi connectivity index (χ0n) is 28.8. The number of hydrogen-bond acceptors (Lipinski definition) is 10. The minimum Gasteiger partial charge on any atom is -0.497 e. The maximum atomic E-state index is 17.0. The number of halogens is 4. The number of fused-ring (bicyclic) bond motifs is 1. The second-order valence-electron chi connectivity index (χ2n) is 12.8. The molecule has 3 heterocycles. The van der Waals surface area contributed by atoms with Crippen molar-refractivity contribution in [1.82, 2.24) is 9.97 Å². The third kappa shape index (κ3) is 8.35. The molecule has 9 nitrogen and oxygen atoms in total. The molecule has 0 bridgehead atoms. The van der Waals surface area contributed by atoms with Gasteiger partial charge in [0.25, 0.3) is 0 Å². The Morgan fingerprint density at radius 2 is 1.61 bits per heavy atom. The van der Waals surface area contributed by atoms with Gasteiger partial charge in [0.15, 0.2) is 11.0 Å². The lowest BCUT2D eigenvalue weighted by atomic mass is 9.93. The normalized spacial score (nSPS) is 19.3. The van der Waals surface area contributed by atoms with Crippen LogP contribution in [0.1, 0.15) is 46.5 Å². The fraction of sp³-hybridized carbons (Fsp3) is 0.405. The molecule has 4 aromatic rings. The Bertz CT molecular complexity index is 1780. The van der Waals surface area contributed by atoms with Gasteiger partial charge in [-0.15, -0.1) is 0 Å². The number of benzene rings is 3. The van der Waals surface area contributed by atoms with Gasteiger partial charge in [-0.25, -0.2) is 14.4 Å². The topological polar surface area (TPSA) is 89.4 Å². The monoisotopic (exact) mass is 728 g/mol. The summed E-state index contributed by atoms with van der Waals surface area (Å²) in [5.41, 5.74) is -0.161. The van der Waals surface area contributed by atoms with Crippen molar-refractivity contribution in [1.29, 1.82) is 0 Å². The molecule has 2 aliphatic rings. The van der Waals surface area contributed by atoms with Crippen LogP contribution in [0.3, 0.4) is 0 Å². The number of ether oxygens (including phenoxy) is 4. The van der Waals surface area contributed by atoms with Crippen LogP contribution in [0.5, 0.6) is 11.5 Å². The summed E-state index contributed by atoms with van der Waals surface area (Å²) >= 11 is 1.29. The van der Waals surface area contributed by atoms with E-state index in [0.29, 0.717) is 46.9 Å². The number of aliphatic hydroxyl groups is 1. The quantitative estimate of drug-likeness (QED) is 0.105. The van der Waals surface area contributed by atoms with Crippen molar-refractivity contribution in [3.63, 3.8) is 0 Å². The molecule has 6 rings (SSSR count). The predicted molar refractivity (Wildman–Crippen MR) is 186 cm³/mol. The van der Waals surface area contributed by atoms with Gasteiger partial charge in [-0.3, -0.25) is 0 Å². The van der Waals surface area contributed by atoms with E-state index in [1.807, 2.05) is 29.2 Å². The van der Waals surface area contributed by atoms with Gasteiger partial charge in [0.1, 0.15) is 22.9 Å². The third-order valence-corrected chi connectivity index (χ3v) is 9.53. The minimum absolute atomic E-state index is 0.000916. The zero-order valence-corrected chi connectivity index (χ0v) is 29.6. The fourth-order valence-electron chi connectivity index (χ4n) is 6.47. The molecule has 3 aromatic carbocycles. The summed E-state index contributed by atoms with van der Waals surface area (Å²) in [7, 11) is 3.11. The molecular formula is C37H40F4N4O5S. The molecule has 1 unspecified atom stereocenters. The zero-order chi connectivity index (χ0) is 36.3. The van der Waals surface area contributed by atoms with Crippen LogP contribution < -0.4 is 19.3 Å². The van der Waals surface area contributed by atoms with Crippen LogP contribution in [0, 0.1) is 5.82 Å². The first-order valence-corrected chi connectivity index (χ1v) is 17.6. The van der Waals surface area contributed by atoms with E-state index in [-0.39, 0.29) is 45.0 Å². The van der Waals surface area contributed by atoms with Crippen molar-refractivity contribution in [2.24, 2.45) is 0 Å². The smallest absolute Gasteiger partial charge is 0.416 e. The molecule has 51 heavy (non-hydrogen) atoms. The van der Waals surface area contributed by atoms with Crippen LogP contribution in [0.25, 0.3) is 0 Å². The Kier molecular flexibility index (Phi) is 11.0. The van der Waals surface area contributed by atoms with Crippen molar-refractivity contribution >= 4 is 23.3 Å². The molecule has 2 aliphatic heterocycles. The van der Waals surface area contributed by atoms with E-state index in [1.165, 1.54) is 17.8 Å². The standard InChI is InChI=1S/C37H40F4N4O5S/c1-36(46)21-44(15-16-49-22-36)34-27-20-50-31(17-29(27)42-35(43-34)51-4)32-28(37(39,40)41)13-14-30(33(32)38)45(18-23-5-9-25(47-2)10-6-23)19-24-7-11-26(48-3)12-8-24/h5-14,31,46H,15-22H2,1-4H3/t31?,36-/m0/s1. The molecule has 0 saturated carbocycles. The van der Waals surface area contributed by atoms with E-state index in [4.69, 9.17) is 23.9 Å². The highest BCUT2D eigenvalue weighted by Crippen LogP contribution is 2.44. The highest BCUT2D eigenvalue weighted by atomic mass is 32.2. The maximum Gasteiger partial charge on any atom is 0.416 e. The molecular weight excluding hydrogens is 688 g/mol. The van der Waals surface area contributed by atoms with Crippen molar-refractivity contribution < 1.29 is 41.6 Å². The van der Waals surface area contributed by atoms with Crippen molar-refractivity contribution in [3.8, 4) is 11.5 Å². The van der Waals surface area contributed by atoms with Gasteiger partial charge >= 0.3 is 6.18 Å². The first kappa shape index (κ1) is 36.7. The second kappa shape index (κ2) is 15.2. The lowest BCUT2D eigenvalue weighted by Crippen LogP contribution is -2.43. The molecule has 0 aliphatic carbocycles. The Morgan fingerprint density at radius 1 is 0.980 bits per heavy atom. The molecule has 14 heteroatoms. The van der Waals surface area contributed by atoms with Gasteiger partial charge in [-0.05, 0) is 60.7 Å². The van der Waals surface area contributed by atoms with Crippen LogP contribution in [0.2, 0.25) is 0 Å². The highest BCUT2D eigenvalue weighted by molar-refractivity contribution is 7.98. The summed E-state index contributed by atoms with van der Waals surface area (Å²) in [4.78, 5) is 13.0. The Hall–Kier alpha value is -4.11. The predicted octanol–water partition coefficient (Wildman–Crippen LogP) is 6.98. The summed E-state index contributed by atoms with van der Waals surface area (Å²) in [6.45, 7) is 3.07. The number of rotatable bonds is 10. The molecule has 2 atom stereocenters. The number of alkyl halides is 3. The van der Waals surface area contributed by atoms with E-state index in [0.717, 1.165) is 17.2 Å². The summed E-state index contributed by atoms with van der Waals surface area (Å²) in [5, 5.41) is 11.2. The summed E-state index contributed by atoms with van der Waals surface area (Å²) < 4.78 is 83.3. The van der Waals surface area contributed by atoms with Crippen molar-refractivity contribution in [3.05, 3.63) is 100.0 Å². The van der Waals surface area contributed by atoms with Gasteiger partial charge in [-0.1, -0.05) is 36.0 Å². The minimum atomic E-state index is -4.85. The van der Waals surface area contributed by atoms with Gasteiger partial charge < -0.3 is 33.9 Å². The number of hydrogen-bond donors (Lipinski definition) is 1. The number of aromatic nitrogens is 2. The van der Waals surface area contributed by atoms with E-state index in [1.54, 1.807) is 56.6 Å². The SMILES string of the molecule is COc1ccc(CN(Cc2ccc(OC)cc2)c2ccc(C(F)(F)F)c(C3Cc4nc(SC)nc(N5CCOC[C@@](C)(O)C5)c4CO3)c2F)cc1. The number of methoxy groups -OCH3 is 2. The van der Waals surface area contributed by atoms with Crippen LogP contribution in [0.4, 0.5) is 29.1 Å². The van der Waals surface area contributed by atoms with E-state index in [9.17, 15) is 18.3 Å². The lowest BCUT2D eigenvalue weighted by Gasteiger charge is -2.34. The summed E-state index contributed by atoms with van der Waals surface area (Å²) in [6.07, 6.45) is -4.45. The van der Waals surface area contributed by atoms with Gasteiger partial charge in [-0.2, -0.15) is 13.2 Å². The van der Waals surface area contributed by atoms with Crippen LogP contribution in [-0.4, -0.2) is 67.5 Å². The number of β-amino-alcohol motifs (C(OH)–C–C–N with tert-alkyl or cyclic N) is 1. The van der Waals surface area contributed by atoms with Gasteiger partial charge in [0.05, 0.1) is 63.6 Å². The molecule has 0 amide bonds. The number of anilines is 2. The average molecular weight is 729 g/mol. The maximum absolute atomic E-state index is 17.0. The lowest BCUT2D eigenvalue weighted by molar-refractivity contribution is -0.140. The molecule has 0 radical (unpaired) electrons. The van der Waals surface area contributed by atoms with Crippen molar-refractivity contribution in [2.75, 3.05) is 56.6 Å². The van der Waals surface area contributed by atoms with Crippen molar-refractivity contribution in [2.45, 2.75) is 56.1 Å². The Labute approximate surface area is 298 Å². The molecule has 0 spiro atoms. The van der Waals surface area contributed by atoms with Gasteiger partial charge in [0.2, 0.25) is 0 Å². The molecule has 1 aromatic heterocycles. The van der Waals surface area contributed by atoms with Gasteiger partial charge in [0, 0.05) is 37.2 Å². The third-order valence-electron chi connectivity index (χ3n) is 8.98. The Balaban J connectivity index is 1.41. The Morgan fingerprint density at radius 3 is 2.18 bits per heavy atom. The summed E-state index contributed by atoms with van der Waals surface area (Å²) in [6, 6.07) is 16.6. The fourth-order valence-corrected chi connectivity index (χ4v) is 6.85. The first-order valence-electron chi connectivity index (χ1n) is 16.4. The number of nitrogens with zero attached hydrogens (tertiary/aromatic N) is 4.